The molecule has 0 bridgehead atoms. The summed E-state index contributed by atoms with van der Waals surface area (Å²) in [6.07, 6.45) is 0. The minimum atomic E-state index is -0.272. The maximum Gasteiger partial charge on any atom is 0.240 e. The van der Waals surface area contributed by atoms with Crippen LogP contribution in [0, 0.1) is 18.7 Å². The third kappa shape index (κ3) is 2.44. The van der Waals surface area contributed by atoms with E-state index in [0.717, 1.165) is 27.5 Å². The van der Waals surface area contributed by atoms with E-state index in [-0.39, 0.29) is 23.7 Å². The number of fused-ring (bicyclic) bond motifs is 3. The lowest BCUT2D eigenvalue weighted by atomic mass is 9.87. The summed E-state index contributed by atoms with van der Waals surface area (Å²) in [4.78, 5) is 13.2. The highest BCUT2D eigenvalue weighted by Crippen LogP contribution is 2.45. The van der Waals surface area contributed by atoms with Crippen molar-refractivity contribution in [1.29, 1.82) is 0 Å². The molecule has 24 heavy (non-hydrogen) atoms. The SMILES string of the molecule is CC(=O)N1N=C2c3cc(F)ccc3SC[C@H]2[C@H]1c1ccc(C)cc1. The zero-order chi connectivity index (χ0) is 16.8. The minimum Gasteiger partial charge on any atom is -0.273 e. The summed E-state index contributed by atoms with van der Waals surface area (Å²) < 4.78 is 13.7. The van der Waals surface area contributed by atoms with Crippen LogP contribution in [0.2, 0.25) is 0 Å². The molecule has 0 N–H and O–H groups in total. The fourth-order valence-electron chi connectivity index (χ4n) is 3.41. The number of amides is 1. The molecule has 2 aromatic rings. The van der Waals surface area contributed by atoms with Crippen LogP contribution in [0.1, 0.15) is 29.7 Å². The van der Waals surface area contributed by atoms with Crippen LogP contribution >= 0.6 is 11.8 Å². The van der Waals surface area contributed by atoms with E-state index in [1.807, 2.05) is 6.92 Å². The number of hydrogen-bond acceptors (Lipinski definition) is 3. The molecule has 3 nitrogen and oxygen atoms in total. The molecule has 2 atom stereocenters. The molecule has 2 heterocycles. The van der Waals surface area contributed by atoms with Crippen molar-refractivity contribution < 1.29 is 9.18 Å². The quantitative estimate of drug-likeness (QED) is 0.781. The summed E-state index contributed by atoms with van der Waals surface area (Å²) in [5, 5.41) is 6.15. The van der Waals surface area contributed by atoms with Gasteiger partial charge in [0.15, 0.2) is 0 Å². The van der Waals surface area contributed by atoms with Crippen molar-refractivity contribution in [1.82, 2.24) is 5.01 Å². The Kier molecular flexibility index (Phi) is 3.68. The maximum absolute atomic E-state index is 13.7. The molecule has 0 spiro atoms. The van der Waals surface area contributed by atoms with Gasteiger partial charge in [-0.15, -0.1) is 11.8 Å². The first kappa shape index (κ1) is 15.4. The summed E-state index contributed by atoms with van der Waals surface area (Å²) in [6.45, 7) is 3.57. The van der Waals surface area contributed by atoms with Crippen LogP contribution in [-0.4, -0.2) is 22.4 Å². The van der Waals surface area contributed by atoms with Crippen molar-refractivity contribution in [3.05, 3.63) is 65.0 Å². The van der Waals surface area contributed by atoms with Gasteiger partial charge in [0.1, 0.15) is 5.82 Å². The molecule has 0 saturated carbocycles. The second-order valence-electron chi connectivity index (χ2n) is 6.26. The lowest BCUT2D eigenvalue weighted by Crippen LogP contribution is -2.31. The number of hydrazone groups is 1. The summed E-state index contributed by atoms with van der Waals surface area (Å²) >= 11 is 1.70. The van der Waals surface area contributed by atoms with Crippen molar-refractivity contribution in [2.45, 2.75) is 24.8 Å². The van der Waals surface area contributed by atoms with Gasteiger partial charge in [-0.05, 0) is 30.7 Å². The van der Waals surface area contributed by atoms with Crippen LogP contribution in [0.15, 0.2) is 52.5 Å². The highest BCUT2D eigenvalue weighted by atomic mass is 32.2. The van der Waals surface area contributed by atoms with Crippen molar-refractivity contribution in [3.63, 3.8) is 0 Å². The molecular formula is C19H17FN2OS. The van der Waals surface area contributed by atoms with Gasteiger partial charge in [0.25, 0.3) is 0 Å². The Hall–Kier alpha value is -2.14. The molecule has 0 fully saturated rings. The highest BCUT2D eigenvalue weighted by Gasteiger charge is 2.43. The Morgan fingerprint density at radius 1 is 1.25 bits per heavy atom. The second-order valence-corrected chi connectivity index (χ2v) is 7.32. The first-order valence-electron chi connectivity index (χ1n) is 7.92. The van der Waals surface area contributed by atoms with Gasteiger partial charge in [-0.1, -0.05) is 29.8 Å². The van der Waals surface area contributed by atoms with E-state index in [4.69, 9.17) is 0 Å². The van der Waals surface area contributed by atoms with Gasteiger partial charge in [0.05, 0.1) is 11.8 Å². The number of carbonyl (C=O) groups is 1. The van der Waals surface area contributed by atoms with Crippen molar-refractivity contribution >= 4 is 23.4 Å². The monoisotopic (exact) mass is 340 g/mol. The Labute approximate surface area is 144 Å². The second kappa shape index (κ2) is 5.74. The molecule has 2 aromatic carbocycles. The predicted molar refractivity (Wildman–Crippen MR) is 93.6 cm³/mol. The molecule has 0 aromatic heterocycles. The van der Waals surface area contributed by atoms with Crippen LogP contribution in [0.5, 0.6) is 0 Å². The maximum atomic E-state index is 13.7. The molecule has 0 saturated heterocycles. The van der Waals surface area contributed by atoms with Gasteiger partial charge in [0, 0.05) is 29.1 Å². The van der Waals surface area contributed by atoms with E-state index in [2.05, 4.69) is 29.4 Å². The average Bonchev–Trinajstić information content (AvgIpc) is 2.96. The van der Waals surface area contributed by atoms with E-state index >= 15 is 0 Å². The van der Waals surface area contributed by atoms with Crippen LogP contribution in [0.4, 0.5) is 4.39 Å². The van der Waals surface area contributed by atoms with Crippen LogP contribution < -0.4 is 0 Å². The largest absolute Gasteiger partial charge is 0.273 e. The van der Waals surface area contributed by atoms with Crippen LogP contribution in [-0.2, 0) is 4.79 Å². The van der Waals surface area contributed by atoms with E-state index in [1.54, 1.807) is 22.8 Å². The first-order valence-corrected chi connectivity index (χ1v) is 8.91. The van der Waals surface area contributed by atoms with Gasteiger partial charge < -0.3 is 0 Å². The van der Waals surface area contributed by atoms with Crippen LogP contribution in [0.25, 0.3) is 0 Å². The smallest absolute Gasteiger partial charge is 0.240 e. The normalized spacial score (nSPS) is 22.0. The van der Waals surface area contributed by atoms with E-state index in [0.29, 0.717) is 0 Å². The zero-order valence-electron chi connectivity index (χ0n) is 13.5. The molecule has 4 rings (SSSR count). The van der Waals surface area contributed by atoms with Crippen molar-refractivity contribution in [3.8, 4) is 0 Å². The lowest BCUT2D eigenvalue weighted by Gasteiger charge is -2.29. The van der Waals surface area contributed by atoms with Gasteiger partial charge >= 0.3 is 0 Å². The molecule has 0 radical (unpaired) electrons. The average molecular weight is 340 g/mol. The summed E-state index contributed by atoms with van der Waals surface area (Å²) in [7, 11) is 0. The molecule has 1 amide bonds. The summed E-state index contributed by atoms with van der Waals surface area (Å²) in [6, 6.07) is 12.9. The zero-order valence-corrected chi connectivity index (χ0v) is 14.3. The van der Waals surface area contributed by atoms with E-state index in [9.17, 15) is 9.18 Å². The van der Waals surface area contributed by atoms with Crippen molar-refractivity contribution in [2.24, 2.45) is 11.0 Å². The number of halogens is 1. The highest BCUT2D eigenvalue weighted by molar-refractivity contribution is 7.99. The van der Waals surface area contributed by atoms with E-state index in [1.165, 1.54) is 24.6 Å². The molecule has 122 valence electrons. The molecule has 5 heteroatoms. The summed E-state index contributed by atoms with van der Waals surface area (Å²) in [5.74, 6) is 0.548. The Morgan fingerprint density at radius 3 is 2.71 bits per heavy atom. The number of benzene rings is 2. The molecule has 0 aliphatic carbocycles. The van der Waals surface area contributed by atoms with E-state index < -0.39 is 0 Å². The van der Waals surface area contributed by atoms with Crippen molar-refractivity contribution in [2.75, 3.05) is 5.75 Å². The number of nitrogens with zero attached hydrogens (tertiary/aromatic N) is 2. The molecule has 2 aliphatic rings. The first-order chi connectivity index (χ1) is 11.5. The van der Waals surface area contributed by atoms with Crippen LogP contribution in [0.3, 0.4) is 0 Å². The topological polar surface area (TPSA) is 32.7 Å². The Balaban J connectivity index is 1.81. The third-order valence-electron chi connectivity index (χ3n) is 4.59. The Morgan fingerprint density at radius 2 is 2.00 bits per heavy atom. The lowest BCUT2D eigenvalue weighted by molar-refractivity contribution is -0.131. The molecular weight excluding hydrogens is 323 g/mol. The number of aryl methyl sites for hydroxylation is 1. The van der Waals surface area contributed by atoms with Gasteiger partial charge in [-0.3, -0.25) is 4.79 Å². The number of rotatable bonds is 1. The predicted octanol–water partition coefficient (Wildman–Crippen LogP) is 4.16. The number of thioether (sulfide) groups is 1. The fourth-order valence-corrected chi connectivity index (χ4v) is 4.59. The number of carbonyl (C=O) groups excluding carboxylic acids is 1. The standard InChI is InChI=1S/C19H17FN2OS/c1-11-3-5-13(6-4-11)19-16-10-24-17-8-7-14(20)9-15(17)18(16)21-22(19)12(2)23/h3-9,16,19H,10H2,1-2H3/t16-,19-/m1/s1. The van der Waals surface area contributed by atoms with Gasteiger partial charge in [0.2, 0.25) is 5.91 Å². The number of hydrogen-bond donors (Lipinski definition) is 0. The fraction of sp³-hybridized carbons (Fsp3) is 0.263. The minimum absolute atomic E-state index is 0.0795. The Bertz CT molecular complexity index is 847. The third-order valence-corrected chi connectivity index (χ3v) is 5.78. The van der Waals surface area contributed by atoms with Gasteiger partial charge in [-0.2, -0.15) is 5.10 Å². The molecule has 2 aliphatic heterocycles. The summed E-state index contributed by atoms with van der Waals surface area (Å²) in [5.41, 5.74) is 3.89. The van der Waals surface area contributed by atoms with Gasteiger partial charge in [-0.25, -0.2) is 9.40 Å². The molecule has 0 unspecified atom stereocenters.